The number of carboxylic acid groups (broad SMARTS) is 1. The Hall–Kier alpha value is -1.54. The van der Waals surface area contributed by atoms with Gasteiger partial charge in [0.25, 0.3) is 5.91 Å². The number of aliphatic hydroxyl groups is 1. The number of amides is 1. The Morgan fingerprint density at radius 1 is 1.56 bits per heavy atom. The molecule has 1 aromatic rings. The SMILES string of the molecule is O=C(O)[C@@H]1CC(O)CN1C(=O)c1cnns1. The maximum Gasteiger partial charge on any atom is 0.326 e. The second-order valence-electron chi connectivity index (χ2n) is 3.48. The molecule has 1 aliphatic rings. The van der Waals surface area contributed by atoms with Crippen LogP contribution in [0.25, 0.3) is 0 Å². The molecule has 86 valence electrons. The topological polar surface area (TPSA) is 104 Å². The molecule has 2 heterocycles. The average molecular weight is 243 g/mol. The molecule has 8 heteroatoms. The van der Waals surface area contributed by atoms with Crippen LogP contribution in [0.15, 0.2) is 6.20 Å². The molecule has 1 unspecified atom stereocenters. The third kappa shape index (κ3) is 1.89. The number of nitrogens with zero attached hydrogens (tertiary/aromatic N) is 3. The molecule has 1 amide bonds. The van der Waals surface area contributed by atoms with Crippen LogP contribution in [0.2, 0.25) is 0 Å². The molecule has 0 bridgehead atoms. The first-order chi connectivity index (χ1) is 7.59. The highest BCUT2D eigenvalue weighted by Gasteiger charge is 2.39. The van der Waals surface area contributed by atoms with Gasteiger partial charge in [0.05, 0.1) is 12.3 Å². The van der Waals surface area contributed by atoms with E-state index in [1.165, 1.54) is 6.20 Å². The van der Waals surface area contributed by atoms with E-state index in [0.717, 1.165) is 16.4 Å². The van der Waals surface area contributed by atoms with Crippen LogP contribution in [0.3, 0.4) is 0 Å². The zero-order valence-electron chi connectivity index (χ0n) is 8.11. The molecule has 7 nitrogen and oxygen atoms in total. The van der Waals surface area contributed by atoms with E-state index in [1.54, 1.807) is 0 Å². The molecule has 0 spiro atoms. The Kier molecular flexibility index (Phi) is 2.84. The molecule has 1 fully saturated rings. The van der Waals surface area contributed by atoms with Crippen molar-refractivity contribution in [2.45, 2.75) is 18.6 Å². The largest absolute Gasteiger partial charge is 0.480 e. The molecular weight excluding hydrogens is 234 g/mol. The number of likely N-dealkylation sites (tertiary alicyclic amines) is 1. The summed E-state index contributed by atoms with van der Waals surface area (Å²) in [4.78, 5) is 24.2. The fourth-order valence-electron chi connectivity index (χ4n) is 1.68. The number of carbonyl (C=O) groups is 2. The summed E-state index contributed by atoms with van der Waals surface area (Å²) >= 11 is 0.906. The van der Waals surface area contributed by atoms with Gasteiger partial charge in [0.1, 0.15) is 10.9 Å². The second-order valence-corrected chi connectivity index (χ2v) is 4.27. The van der Waals surface area contributed by atoms with Crippen molar-refractivity contribution < 1.29 is 19.8 Å². The number of β-amino-alcohol motifs (C(OH)–C–C–N with tert-alkyl or cyclic N) is 1. The smallest absolute Gasteiger partial charge is 0.326 e. The lowest BCUT2D eigenvalue weighted by Gasteiger charge is -2.19. The summed E-state index contributed by atoms with van der Waals surface area (Å²) in [6.07, 6.45) is 0.565. The van der Waals surface area contributed by atoms with Crippen molar-refractivity contribution in [2.24, 2.45) is 0 Å². The standard InChI is InChI=1S/C8H9N3O4S/c12-4-1-5(8(14)15)11(3-4)7(13)6-2-9-10-16-6/h2,4-5,12H,1,3H2,(H,14,15)/t4?,5-/m0/s1. The summed E-state index contributed by atoms with van der Waals surface area (Å²) in [6, 6.07) is -0.968. The molecule has 0 radical (unpaired) electrons. The van der Waals surface area contributed by atoms with Crippen molar-refractivity contribution >= 4 is 23.4 Å². The van der Waals surface area contributed by atoms with Gasteiger partial charge in [-0.25, -0.2) is 4.79 Å². The molecule has 0 aromatic carbocycles. The molecule has 0 aliphatic carbocycles. The van der Waals surface area contributed by atoms with E-state index in [2.05, 4.69) is 9.59 Å². The summed E-state index contributed by atoms with van der Waals surface area (Å²) in [5.74, 6) is -1.55. The van der Waals surface area contributed by atoms with E-state index in [1.807, 2.05) is 0 Å². The van der Waals surface area contributed by atoms with Crippen molar-refractivity contribution in [1.29, 1.82) is 0 Å². The minimum atomic E-state index is -1.11. The number of rotatable bonds is 2. The Morgan fingerprint density at radius 2 is 2.31 bits per heavy atom. The molecule has 0 saturated carbocycles. The Morgan fingerprint density at radius 3 is 2.88 bits per heavy atom. The molecule has 2 rings (SSSR count). The van der Waals surface area contributed by atoms with Gasteiger partial charge in [0.2, 0.25) is 0 Å². The van der Waals surface area contributed by atoms with Crippen LogP contribution in [0.5, 0.6) is 0 Å². The van der Waals surface area contributed by atoms with Crippen LogP contribution in [-0.2, 0) is 4.79 Å². The number of aliphatic carboxylic acids is 1. The highest BCUT2D eigenvalue weighted by atomic mass is 32.1. The van der Waals surface area contributed by atoms with Crippen LogP contribution in [-0.4, -0.2) is 55.3 Å². The summed E-state index contributed by atoms with van der Waals surface area (Å²) in [5.41, 5.74) is 0. The number of aromatic nitrogens is 2. The number of carboxylic acids is 1. The summed E-state index contributed by atoms with van der Waals surface area (Å²) in [7, 11) is 0. The van der Waals surface area contributed by atoms with Crippen LogP contribution >= 0.6 is 11.5 Å². The Balaban J connectivity index is 2.20. The monoisotopic (exact) mass is 243 g/mol. The Bertz CT molecular complexity index is 407. The Labute approximate surface area is 94.5 Å². The number of hydrogen-bond donors (Lipinski definition) is 2. The predicted octanol–water partition coefficient (Wildman–Crippen LogP) is -0.802. The lowest BCUT2D eigenvalue weighted by atomic mass is 10.2. The van der Waals surface area contributed by atoms with Crippen molar-refractivity contribution in [3.8, 4) is 0 Å². The van der Waals surface area contributed by atoms with Gasteiger partial charge in [-0.2, -0.15) is 0 Å². The normalized spacial score (nSPS) is 24.7. The minimum Gasteiger partial charge on any atom is -0.480 e. The van der Waals surface area contributed by atoms with Crippen LogP contribution in [0, 0.1) is 0 Å². The fourth-order valence-corrected chi connectivity index (χ4v) is 2.15. The molecule has 2 atom stereocenters. The zero-order chi connectivity index (χ0) is 11.7. The van der Waals surface area contributed by atoms with Crippen molar-refractivity contribution in [3.05, 3.63) is 11.1 Å². The molecule has 1 aromatic heterocycles. The van der Waals surface area contributed by atoms with Gasteiger partial charge in [-0.05, 0) is 11.5 Å². The van der Waals surface area contributed by atoms with Gasteiger partial charge in [-0.1, -0.05) is 4.49 Å². The zero-order valence-corrected chi connectivity index (χ0v) is 8.92. The maximum absolute atomic E-state index is 11.9. The molecule has 16 heavy (non-hydrogen) atoms. The van der Waals surface area contributed by atoms with Crippen LogP contribution in [0.1, 0.15) is 16.1 Å². The third-order valence-corrected chi connectivity index (χ3v) is 3.05. The lowest BCUT2D eigenvalue weighted by Crippen LogP contribution is -2.40. The van der Waals surface area contributed by atoms with Crippen molar-refractivity contribution in [2.75, 3.05) is 6.54 Å². The van der Waals surface area contributed by atoms with E-state index in [-0.39, 0.29) is 17.8 Å². The summed E-state index contributed by atoms with van der Waals surface area (Å²) < 4.78 is 3.54. The number of carbonyl (C=O) groups excluding carboxylic acids is 1. The van der Waals surface area contributed by atoms with Gasteiger partial charge in [0.15, 0.2) is 0 Å². The molecular formula is C8H9N3O4S. The minimum absolute atomic E-state index is 0.0354. The molecule has 1 aliphatic heterocycles. The third-order valence-electron chi connectivity index (χ3n) is 2.40. The first-order valence-corrected chi connectivity index (χ1v) is 5.36. The van der Waals surface area contributed by atoms with Gasteiger partial charge in [0, 0.05) is 13.0 Å². The van der Waals surface area contributed by atoms with E-state index in [0.29, 0.717) is 0 Å². The molecule has 1 saturated heterocycles. The highest BCUT2D eigenvalue weighted by Crippen LogP contribution is 2.21. The maximum atomic E-state index is 11.9. The lowest BCUT2D eigenvalue weighted by molar-refractivity contribution is -0.141. The first-order valence-electron chi connectivity index (χ1n) is 4.59. The summed E-state index contributed by atoms with van der Waals surface area (Å²) in [5, 5.41) is 21.8. The number of aliphatic hydroxyl groups excluding tert-OH is 1. The molecule has 2 N–H and O–H groups in total. The van der Waals surface area contributed by atoms with Crippen LogP contribution < -0.4 is 0 Å². The predicted molar refractivity (Wildman–Crippen MR) is 53.0 cm³/mol. The summed E-state index contributed by atoms with van der Waals surface area (Å²) in [6.45, 7) is 0.0354. The van der Waals surface area contributed by atoms with Gasteiger partial charge in [-0.3, -0.25) is 4.79 Å². The average Bonchev–Trinajstić information content (AvgIpc) is 2.84. The van der Waals surface area contributed by atoms with Crippen LogP contribution in [0.4, 0.5) is 0 Å². The highest BCUT2D eigenvalue weighted by molar-refractivity contribution is 7.07. The van der Waals surface area contributed by atoms with Gasteiger partial charge in [-0.15, -0.1) is 5.10 Å². The van der Waals surface area contributed by atoms with E-state index < -0.39 is 24.0 Å². The van der Waals surface area contributed by atoms with Crippen molar-refractivity contribution in [1.82, 2.24) is 14.5 Å². The quantitative estimate of drug-likeness (QED) is 0.704. The van der Waals surface area contributed by atoms with E-state index in [9.17, 15) is 14.7 Å². The van der Waals surface area contributed by atoms with E-state index in [4.69, 9.17) is 5.11 Å². The van der Waals surface area contributed by atoms with Gasteiger partial charge >= 0.3 is 5.97 Å². The van der Waals surface area contributed by atoms with Crippen molar-refractivity contribution in [3.63, 3.8) is 0 Å². The van der Waals surface area contributed by atoms with Gasteiger partial charge < -0.3 is 15.1 Å². The van der Waals surface area contributed by atoms with E-state index >= 15 is 0 Å². The second kappa shape index (κ2) is 4.14. The first kappa shape index (κ1) is 11.0. The fraction of sp³-hybridized carbons (Fsp3) is 0.500. The number of hydrogen-bond acceptors (Lipinski definition) is 6.